The molecule has 2 rings (SSSR count). The molecule has 0 aromatic heterocycles. The van der Waals surface area contributed by atoms with Crippen LogP contribution >= 0.6 is 0 Å². The van der Waals surface area contributed by atoms with E-state index in [-0.39, 0.29) is 0 Å². The Morgan fingerprint density at radius 2 is 2.06 bits per heavy atom. The molecule has 3 heteroatoms. The van der Waals surface area contributed by atoms with Crippen LogP contribution in [0.2, 0.25) is 18.6 Å². The van der Waals surface area contributed by atoms with Gasteiger partial charge in [-0.3, -0.25) is 0 Å². The van der Waals surface area contributed by atoms with Gasteiger partial charge in [-0.2, -0.15) is 0 Å². The van der Waals surface area contributed by atoms with Crippen LogP contribution in [0.25, 0.3) is 0 Å². The molecule has 2 aliphatic rings. The van der Waals surface area contributed by atoms with Gasteiger partial charge < -0.3 is 10.3 Å². The van der Waals surface area contributed by atoms with E-state index in [9.17, 15) is 0 Å². The van der Waals surface area contributed by atoms with Gasteiger partial charge in [-0.15, -0.1) is 0 Å². The van der Waals surface area contributed by atoms with E-state index in [2.05, 4.69) is 47.7 Å². The van der Waals surface area contributed by atoms with Crippen LogP contribution in [0, 0.1) is 0 Å². The molecule has 0 spiro atoms. The van der Waals surface area contributed by atoms with Crippen LogP contribution in [0.5, 0.6) is 0 Å². The molecule has 0 aromatic rings. The molecular formula is C13H24N2Si. The Labute approximate surface area is 100 Å². The third-order valence-electron chi connectivity index (χ3n) is 3.82. The van der Waals surface area contributed by atoms with Crippen molar-refractivity contribution < 1.29 is 0 Å². The van der Waals surface area contributed by atoms with Crippen molar-refractivity contribution in [3.8, 4) is 0 Å². The molecule has 0 saturated carbocycles. The van der Waals surface area contributed by atoms with E-state index in [0.29, 0.717) is 5.54 Å². The van der Waals surface area contributed by atoms with Crippen molar-refractivity contribution in [3.05, 3.63) is 24.3 Å². The van der Waals surface area contributed by atoms with Gasteiger partial charge in [0.15, 0.2) is 0 Å². The number of nitrogens with one attached hydrogen (secondary N) is 2. The van der Waals surface area contributed by atoms with Crippen LogP contribution in [-0.4, -0.2) is 27.4 Å². The first-order chi connectivity index (χ1) is 7.68. The second-order valence-electron chi connectivity index (χ2n) is 5.53. The maximum Gasteiger partial charge on any atom is 0.130 e. The molecule has 0 aromatic carbocycles. The molecule has 2 N–H and O–H groups in total. The summed E-state index contributed by atoms with van der Waals surface area (Å²) in [6.07, 6.45) is 13.1. The second kappa shape index (κ2) is 5.30. The number of hydrogen-bond donors (Lipinski definition) is 2. The highest BCUT2D eigenvalue weighted by Crippen LogP contribution is 2.26. The standard InChI is InChI=1S/C13H24N2Si/c1-16(2,13-7-3-4-8-13)15-11-9-12-6-5-10-14-12/h3-4,7-8,12-15H,5-6,9-11H2,1-2H3. The number of hydrogen-bond acceptors (Lipinski definition) is 2. The monoisotopic (exact) mass is 236 g/mol. The van der Waals surface area contributed by atoms with Crippen molar-refractivity contribution in [1.29, 1.82) is 0 Å². The van der Waals surface area contributed by atoms with Crippen molar-refractivity contribution in [2.75, 3.05) is 13.1 Å². The molecular weight excluding hydrogens is 212 g/mol. The Balaban J connectivity index is 1.71. The van der Waals surface area contributed by atoms with Gasteiger partial charge in [-0.1, -0.05) is 37.4 Å². The molecule has 1 aliphatic heterocycles. The van der Waals surface area contributed by atoms with Crippen molar-refractivity contribution >= 4 is 8.24 Å². The van der Waals surface area contributed by atoms with Crippen LogP contribution in [0.1, 0.15) is 19.3 Å². The molecule has 1 heterocycles. The van der Waals surface area contributed by atoms with Crippen LogP contribution in [0.3, 0.4) is 0 Å². The second-order valence-corrected chi connectivity index (χ2v) is 9.99. The predicted molar refractivity (Wildman–Crippen MR) is 73.2 cm³/mol. The van der Waals surface area contributed by atoms with Crippen molar-refractivity contribution in [1.82, 2.24) is 10.3 Å². The average Bonchev–Trinajstić information content (AvgIpc) is 2.90. The molecule has 16 heavy (non-hydrogen) atoms. The fourth-order valence-corrected chi connectivity index (χ4v) is 4.81. The summed E-state index contributed by atoms with van der Waals surface area (Å²) in [6.45, 7) is 7.26. The van der Waals surface area contributed by atoms with E-state index in [1.54, 1.807) is 0 Å². The minimum atomic E-state index is -1.29. The third-order valence-corrected chi connectivity index (χ3v) is 7.03. The van der Waals surface area contributed by atoms with Gasteiger partial charge >= 0.3 is 0 Å². The van der Waals surface area contributed by atoms with Crippen molar-refractivity contribution in [2.45, 2.75) is 43.9 Å². The summed E-state index contributed by atoms with van der Waals surface area (Å²) in [4.78, 5) is 3.82. The summed E-state index contributed by atoms with van der Waals surface area (Å²) in [5.41, 5.74) is 0.684. The predicted octanol–water partition coefficient (Wildman–Crippen LogP) is 2.42. The largest absolute Gasteiger partial charge is 0.337 e. The van der Waals surface area contributed by atoms with E-state index in [0.717, 1.165) is 6.04 Å². The zero-order valence-corrected chi connectivity index (χ0v) is 11.5. The van der Waals surface area contributed by atoms with Gasteiger partial charge in [-0.25, -0.2) is 0 Å². The van der Waals surface area contributed by atoms with Gasteiger partial charge in [0.2, 0.25) is 0 Å². The van der Waals surface area contributed by atoms with Crippen LogP contribution in [-0.2, 0) is 0 Å². The summed E-state index contributed by atoms with van der Waals surface area (Å²) >= 11 is 0. The Morgan fingerprint density at radius 3 is 2.69 bits per heavy atom. The summed E-state index contributed by atoms with van der Waals surface area (Å²) in [6, 6.07) is 0.770. The first-order valence-electron chi connectivity index (χ1n) is 6.52. The van der Waals surface area contributed by atoms with E-state index >= 15 is 0 Å². The highest BCUT2D eigenvalue weighted by atomic mass is 28.3. The fourth-order valence-electron chi connectivity index (χ4n) is 2.60. The number of rotatable bonds is 5. The first kappa shape index (κ1) is 12.1. The number of allylic oxidation sites excluding steroid dienone is 4. The Morgan fingerprint density at radius 1 is 1.31 bits per heavy atom. The lowest BCUT2D eigenvalue weighted by molar-refractivity contribution is 0.553. The van der Waals surface area contributed by atoms with Gasteiger partial charge in [0.05, 0.1) is 0 Å². The molecule has 0 radical (unpaired) electrons. The molecule has 0 bridgehead atoms. The Kier molecular flexibility index (Phi) is 4.00. The molecule has 1 unspecified atom stereocenters. The zero-order chi connectivity index (χ0) is 11.4. The van der Waals surface area contributed by atoms with Crippen LogP contribution < -0.4 is 10.3 Å². The van der Waals surface area contributed by atoms with Gasteiger partial charge in [0, 0.05) is 11.6 Å². The lowest BCUT2D eigenvalue weighted by Crippen LogP contribution is -2.48. The molecule has 1 aliphatic carbocycles. The van der Waals surface area contributed by atoms with Crippen molar-refractivity contribution in [2.24, 2.45) is 0 Å². The van der Waals surface area contributed by atoms with Gasteiger partial charge in [-0.05, 0) is 32.4 Å². The van der Waals surface area contributed by atoms with E-state index in [4.69, 9.17) is 0 Å². The highest BCUT2D eigenvalue weighted by Gasteiger charge is 2.29. The SMILES string of the molecule is C[Si](C)(NCCC1CCCN1)C1C=CC=C1. The fraction of sp³-hybridized carbons (Fsp3) is 0.692. The minimum Gasteiger partial charge on any atom is -0.337 e. The normalized spacial score (nSPS) is 25.8. The lowest BCUT2D eigenvalue weighted by Gasteiger charge is -2.29. The quantitative estimate of drug-likeness (QED) is 0.716. The average molecular weight is 236 g/mol. The molecule has 2 nitrogen and oxygen atoms in total. The first-order valence-corrected chi connectivity index (χ1v) is 9.59. The zero-order valence-electron chi connectivity index (χ0n) is 10.5. The maximum atomic E-state index is 3.82. The molecule has 90 valence electrons. The lowest BCUT2D eigenvalue weighted by atomic mass is 10.2. The highest BCUT2D eigenvalue weighted by molar-refractivity contribution is 6.77. The summed E-state index contributed by atoms with van der Waals surface area (Å²) < 4.78 is 0. The van der Waals surface area contributed by atoms with Gasteiger partial charge in [0.1, 0.15) is 8.24 Å². The summed E-state index contributed by atoms with van der Waals surface area (Å²) in [5.74, 6) is 0. The Bertz CT molecular complexity index is 266. The van der Waals surface area contributed by atoms with E-state index in [1.807, 2.05) is 0 Å². The minimum absolute atomic E-state index is 0.684. The van der Waals surface area contributed by atoms with Gasteiger partial charge in [0.25, 0.3) is 0 Å². The summed E-state index contributed by atoms with van der Waals surface area (Å²) in [7, 11) is -1.29. The maximum absolute atomic E-state index is 3.82. The molecule has 0 amide bonds. The molecule has 1 atom stereocenters. The Hall–Kier alpha value is -0.383. The van der Waals surface area contributed by atoms with Crippen LogP contribution in [0.4, 0.5) is 0 Å². The van der Waals surface area contributed by atoms with E-state index < -0.39 is 8.24 Å². The topological polar surface area (TPSA) is 24.1 Å². The van der Waals surface area contributed by atoms with Crippen LogP contribution in [0.15, 0.2) is 24.3 Å². The molecule has 1 saturated heterocycles. The van der Waals surface area contributed by atoms with E-state index in [1.165, 1.54) is 32.4 Å². The summed E-state index contributed by atoms with van der Waals surface area (Å²) in [5, 5.41) is 3.56. The molecule has 1 fully saturated rings. The smallest absolute Gasteiger partial charge is 0.130 e. The van der Waals surface area contributed by atoms with Crippen molar-refractivity contribution in [3.63, 3.8) is 0 Å². The third kappa shape index (κ3) is 3.06.